The highest BCUT2D eigenvalue weighted by atomic mass is 32.1. The molecule has 4 rings (SSSR count). The molecule has 0 aliphatic heterocycles. The van der Waals surface area contributed by atoms with Crippen LogP contribution < -0.4 is 5.56 Å². The van der Waals surface area contributed by atoms with E-state index in [9.17, 15) is 9.59 Å². The van der Waals surface area contributed by atoms with Crippen LogP contribution in [-0.4, -0.2) is 22.1 Å². The lowest BCUT2D eigenvalue weighted by atomic mass is 9.97. The Kier molecular flexibility index (Phi) is 6.04. The van der Waals surface area contributed by atoms with Crippen molar-refractivity contribution in [1.29, 1.82) is 0 Å². The normalized spacial score (nSPS) is 14.5. The van der Waals surface area contributed by atoms with Crippen molar-refractivity contribution >= 4 is 27.5 Å². The van der Waals surface area contributed by atoms with Gasteiger partial charge in [-0.25, -0.2) is 9.78 Å². The molecule has 0 N–H and O–H groups in total. The van der Waals surface area contributed by atoms with Crippen molar-refractivity contribution in [2.24, 2.45) is 0 Å². The summed E-state index contributed by atoms with van der Waals surface area (Å²) < 4.78 is 7.04. The van der Waals surface area contributed by atoms with Crippen molar-refractivity contribution < 1.29 is 9.53 Å². The van der Waals surface area contributed by atoms with Gasteiger partial charge in [-0.3, -0.25) is 9.36 Å². The highest BCUT2D eigenvalue weighted by Gasteiger charge is 2.29. The number of hydrogen-bond donors (Lipinski definition) is 0. The number of carbonyl (C=O) groups is 1. The van der Waals surface area contributed by atoms with Crippen LogP contribution >= 0.6 is 11.3 Å². The third-order valence-electron chi connectivity index (χ3n) is 5.72. The Bertz CT molecular complexity index is 1150. The Morgan fingerprint density at radius 3 is 2.80 bits per heavy atom. The molecule has 5 nitrogen and oxygen atoms in total. The standard InChI is InChI=1S/C24H28N2O3S/c1-4-13-29-24(28)18(5-2)26-21(16-10-8-9-15(3)14-16)25-22-20(23(26)27)17-11-6-7-12-19(17)30-22/h8-10,14,18H,4-7,11-13H2,1-3H3. The Morgan fingerprint density at radius 2 is 2.07 bits per heavy atom. The molecule has 0 saturated heterocycles. The molecule has 1 aliphatic carbocycles. The number of fused-ring (bicyclic) bond motifs is 3. The van der Waals surface area contributed by atoms with Crippen molar-refractivity contribution in [1.82, 2.24) is 9.55 Å². The zero-order chi connectivity index (χ0) is 21.3. The first-order valence-electron chi connectivity index (χ1n) is 10.9. The second kappa shape index (κ2) is 8.72. The van der Waals surface area contributed by atoms with Crippen molar-refractivity contribution in [3.05, 3.63) is 50.6 Å². The molecular formula is C24H28N2O3S. The molecular weight excluding hydrogens is 396 g/mol. The van der Waals surface area contributed by atoms with Crippen molar-refractivity contribution in [2.45, 2.75) is 65.3 Å². The van der Waals surface area contributed by atoms with Crippen LogP contribution in [0.5, 0.6) is 0 Å². The zero-order valence-electron chi connectivity index (χ0n) is 17.9. The molecule has 3 aromatic rings. The van der Waals surface area contributed by atoms with E-state index in [1.165, 1.54) is 4.88 Å². The summed E-state index contributed by atoms with van der Waals surface area (Å²) in [5.41, 5.74) is 2.96. The van der Waals surface area contributed by atoms with Crippen molar-refractivity contribution in [3.8, 4) is 11.4 Å². The molecule has 158 valence electrons. The first-order valence-corrected chi connectivity index (χ1v) is 11.7. The number of thiophene rings is 1. The molecule has 2 aromatic heterocycles. The number of aromatic nitrogens is 2. The van der Waals surface area contributed by atoms with E-state index in [4.69, 9.17) is 9.72 Å². The first kappa shape index (κ1) is 20.8. The van der Waals surface area contributed by atoms with Gasteiger partial charge in [-0.1, -0.05) is 37.6 Å². The van der Waals surface area contributed by atoms with Crippen LogP contribution in [0.3, 0.4) is 0 Å². The molecule has 1 unspecified atom stereocenters. The summed E-state index contributed by atoms with van der Waals surface area (Å²) in [6, 6.07) is 7.26. The van der Waals surface area contributed by atoms with E-state index < -0.39 is 6.04 Å². The summed E-state index contributed by atoms with van der Waals surface area (Å²) in [5, 5.41) is 0.702. The predicted molar refractivity (Wildman–Crippen MR) is 121 cm³/mol. The smallest absolute Gasteiger partial charge is 0.329 e. The number of esters is 1. The van der Waals surface area contributed by atoms with E-state index >= 15 is 0 Å². The summed E-state index contributed by atoms with van der Waals surface area (Å²) in [7, 11) is 0. The first-order chi connectivity index (χ1) is 14.5. The highest BCUT2D eigenvalue weighted by molar-refractivity contribution is 7.18. The minimum absolute atomic E-state index is 0.115. The number of aryl methyl sites for hydroxylation is 3. The van der Waals surface area contributed by atoms with Crippen molar-refractivity contribution in [2.75, 3.05) is 6.61 Å². The lowest BCUT2D eigenvalue weighted by Gasteiger charge is -2.21. The number of ether oxygens (including phenoxy) is 1. The molecule has 0 amide bonds. The van der Waals surface area contributed by atoms with Gasteiger partial charge in [0, 0.05) is 10.4 Å². The molecule has 30 heavy (non-hydrogen) atoms. The molecule has 0 fully saturated rings. The molecule has 0 saturated carbocycles. The minimum Gasteiger partial charge on any atom is -0.464 e. The maximum atomic E-state index is 13.8. The summed E-state index contributed by atoms with van der Waals surface area (Å²) in [6.07, 6.45) is 5.38. The second-order valence-electron chi connectivity index (χ2n) is 7.96. The maximum Gasteiger partial charge on any atom is 0.329 e. The number of hydrogen-bond acceptors (Lipinski definition) is 5. The van der Waals surface area contributed by atoms with Crippen LogP contribution in [0, 0.1) is 6.92 Å². The summed E-state index contributed by atoms with van der Waals surface area (Å²) in [4.78, 5) is 33.8. The largest absolute Gasteiger partial charge is 0.464 e. The average Bonchev–Trinajstić information content (AvgIpc) is 3.12. The second-order valence-corrected chi connectivity index (χ2v) is 9.05. The fourth-order valence-corrected chi connectivity index (χ4v) is 5.50. The van der Waals surface area contributed by atoms with Gasteiger partial charge in [-0.05, 0) is 57.1 Å². The van der Waals surface area contributed by atoms with E-state index in [1.54, 1.807) is 15.9 Å². The summed E-state index contributed by atoms with van der Waals surface area (Å²) >= 11 is 1.64. The molecule has 1 atom stereocenters. The Morgan fingerprint density at radius 1 is 1.27 bits per heavy atom. The van der Waals surface area contributed by atoms with Crippen LogP contribution in [0.2, 0.25) is 0 Å². The van der Waals surface area contributed by atoms with Gasteiger partial charge in [0.25, 0.3) is 5.56 Å². The Labute approximate surface area is 180 Å². The third-order valence-corrected chi connectivity index (χ3v) is 6.90. The van der Waals surface area contributed by atoms with Gasteiger partial charge < -0.3 is 4.74 Å². The number of benzene rings is 1. The molecule has 0 radical (unpaired) electrons. The van der Waals surface area contributed by atoms with E-state index in [2.05, 4.69) is 0 Å². The van der Waals surface area contributed by atoms with Crippen molar-refractivity contribution in [3.63, 3.8) is 0 Å². The lowest BCUT2D eigenvalue weighted by Crippen LogP contribution is -2.33. The molecule has 1 aliphatic rings. The maximum absolute atomic E-state index is 13.8. The van der Waals surface area contributed by atoms with E-state index in [0.717, 1.165) is 53.6 Å². The summed E-state index contributed by atoms with van der Waals surface area (Å²) in [5.74, 6) is 0.190. The van der Waals surface area contributed by atoms with Gasteiger partial charge in [-0.2, -0.15) is 0 Å². The van der Waals surface area contributed by atoms with Gasteiger partial charge in [0.1, 0.15) is 16.7 Å². The number of nitrogens with zero attached hydrogens (tertiary/aromatic N) is 2. The van der Waals surface area contributed by atoms with Gasteiger partial charge in [0.2, 0.25) is 0 Å². The average molecular weight is 425 g/mol. The zero-order valence-corrected chi connectivity index (χ0v) is 18.7. The van der Waals surface area contributed by atoms with E-state index in [-0.39, 0.29) is 11.5 Å². The molecule has 6 heteroatoms. The fraction of sp³-hybridized carbons (Fsp3) is 0.458. The summed E-state index contributed by atoms with van der Waals surface area (Å²) in [6.45, 7) is 6.25. The van der Waals surface area contributed by atoms with Crippen LogP contribution in [0.25, 0.3) is 21.6 Å². The molecule has 1 aromatic carbocycles. The van der Waals surface area contributed by atoms with Crippen LogP contribution in [-0.2, 0) is 22.4 Å². The van der Waals surface area contributed by atoms with Crippen LogP contribution in [0.4, 0.5) is 0 Å². The Balaban J connectivity index is 1.99. The van der Waals surface area contributed by atoms with Gasteiger partial charge in [0.05, 0.1) is 12.0 Å². The fourth-order valence-electron chi connectivity index (χ4n) is 4.25. The SMILES string of the molecule is CCCOC(=O)C(CC)n1c(-c2cccc(C)c2)nc2sc3c(c2c1=O)CCCC3. The third kappa shape index (κ3) is 3.69. The molecule has 0 bridgehead atoms. The Hall–Kier alpha value is -2.47. The van der Waals surface area contributed by atoms with Gasteiger partial charge >= 0.3 is 5.97 Å². The molecule has 0 spiro atoms. The number of carbonyl (C=O) groups excluding carboxylic acids is 1. The minimum atomic E-state index is -0.685. The molecule has 2 heterocycles. The van der Waals surface area contributed by atoms with Gasteiger partial charge in [-0.15, -0.1) is 11.3 Å². The predicted octanol–water partition coefficient (Wildman–Crippen LogP) is 5.22. The van der Waals surface area contributed by atoms with Crippen LogP contribution in [0.1, 0.15) is 61.6 Å². The van der Waals surface area contributed by atoms with Gasteiger partial charge in [0.15, 0.2) is 0 Å². The monoisotopic (exact) mass is 424 g/mol. The quantitative estimate of drug-likeness (QED) is 0.509. The highest BCUT2D eigenvalue weighted by Crippen LogP contribution is 2.35. The number of rotatable bonds is 6. The van der Waals surface area contributed by atoms with E-state index in [0.29, 0.717) is 24.2 Å². The topological polar surface area (TPSA) is 61.2 Å². The lowest BCUT2D eigenvalue weighted by molar-refractivity contribution is -0.147. The van der Waals surface area contributed by atoms with Crippen LogP contribution in [0.15, 0.2) is 29.1 Å². The van der Waals surface area contributed by atoms with E-state index in [1.807, 2.05) is 45.0 Å².